The molecule has 0 spiro atoms. The van der Waals surface area contributed by atoms with E-state index >= 15 is 0 Å². The third kappa shape index (κ3) is 8.74. The predicted octanol–water partition coefficient (Wildman–Crippen LogP) is 5.85. The average Bonchev–Trinajstić information content (AvgIpc) is 2.89. The minimum absolute atomic E-state index is 0.0969. The molecule has 2 aromatic carbocycles. The number of piperidine rings is 1. The number of nitro groups is 1. The van der Waals surface area contributed by atoms with Crippen molar-refractivity contribution in [2.24, 2.45) is 0 Å². The SMILES string of the molecule is CC(=O)Nc1cccc(-c2ccc([N+](=O)[O-])c(Nc3ccc(CN4CCC(NC(=O)OC(C)(C)C)CC4)cc3)n2)c1. The highest BCUT2D eigenvalue weighted by atomic mass is 16.6. The van der Waals surface area contributed by atoms with Gasteiger partial charge in [-0.2, -0.15) is 0 Å². The molecule has 1 aromatic heterocycles. The molecule has 1 fully saturated rings. The summed E-state index contributed by atoms with van der Waals surface area (Å²) in [5, 5.41) is 20.5. The topological polar surface area (TPSA) is 139 Å². The first-order valence-corrected chi connectivity index (χ1v) is 13.6. The van der Waals surface area contributed by atoms with Gasteiger partial charge >= 0.3 is 11.8 Å². The number of rotatable bonds is 8. The molecule has 0 aliphatic carbocycles. The number of ether oxygens (including phenoxy) is 1. The van der Waals surface area contributed by atoms with E-state index in [0.717, 1.165) is 43.6 Å². The lowest BCUT2D eigenvalue weighted by Crippen LogP contribution is -2.45. The van der Waals surface area contributed by atoms with E-state index in [2.05, 4.69) is 25.8 Å². The van der Waals surface area contributed by atoms with Crippen molar-refractivity contribution in [3.05, 3.63) is 76.3 Å². The lowest BCUT2D eigenvalue weighted by Gasteiger charge is -2.32. The summed E-state index contributed by atoms with van der Waals surface area (Å²) in [7, 11) is 0. The number of anilines is 3. The van der Waals surface area contributed by atoms with Crippen LogP contribution in [0.2, 0.25) is 0 Å². The molecular weight excluding hydrogens is 524 g/mol. The van der Waals surface area contributed by atoms with Crippen LogP contribution in [-0.4, -0.2) is 51.5 Å². The van der Waals surface area contributed by atoms with Crippen molar-refractivity contribution >= 4 is 34.9 Å². The van der Waals surface area contributed by atoms with Crippen LogP contribution in [0.5, 0.6) is 0 Å². The Morgan fingerprint density at radius 3 is 2.39 bits per heavy atom. The maximum absolute atomic E-state index is 12.1. The zero-order valence-corrected chi connectivity index (χ0v) is 23.8. The van der Waals surface area contributed by atoms with E-state index in [0.29, 0.717) is 17.1 Å². The number of hydrogen-bond donors (Lipinski definition) is 3. The number of nitrogens with one attached hydrogen (secondary N) is 3. The molecule has 0 bridgehead atoms. The van der Waals surface area contributed by atoms with Crippen LogP contribution in [0.3, 0.4) is 0 Å². The van der Waals surface area contributed by atoms with E-state index in [1.54, 1.807) is 24.3 Å². The Balaban J connectivity index is 1.38. The van der Waals surface area contributed by atoms with Crippen LogP contribution in [0.1, 0.15) is 46.1 Å². The van der Waals surface area contributed by atoms with Gasteiger partial charge in [-0.3, -0.25) is 19.8 Å². The minimum atomic E-state index is -0.518. The number of aromatic nitrogens is 1. The van der Waals surface area contributed by atoms with Crippen LogP contribution >= 0.6 is 0 Å². The number of nitrogens with zero attached hydrogens (tertiary/aromatic N) is 3. The number of carbonyl (C=O) groups excluding carboxylic acids is 2. The first kappa shape index (κ1) is 29.5. The Labute approximate surface area is 239 Å². The molecule has 11 nitrogen and oxygen atoms in total. The number of benzene rings is 2. The van der Waals surface area contributed by atoms with Gasteiger partial charge in [0.1, 0.15) is 5.60 Å². The molecular formula is C30H36N6O5. The molecule has 2 amide bonds. The van der Waals surface area contributed by atoms with Crippen LogP contribution in [0.25, 0.3) is 11.3 Å². The molecule has 1 aliphatic heterocycles. The maximum Gasteiger partial charge on any atom is 0.407 e. The summed E-state index contributed by atoms with van der Waals surface area (Å²) < 4.78 is 5.36. The third-order valence-corrected chi connectivity index (χ3v) is 6.48. The lowest BCUT2D eigenvalue weighted by molar-refractivity contribution is -0.384. The molecule has 1 saturated heterocycles. The second-order valence-electron chi connectivity index (χ2n) is 11.1. The fourth-order valence-electron chi connectivity index (χ4n) is 4.61. The summed E-state index contributed by atoms with van der Waals surface area (Å²) in [6, 6.07) is 18.0. The van der Waals surface area contributed by atoms with Gasteiger partial charge in [0.25, 0.3) is 0 Å². The molecule has 216 valence electrons. The van der Waals surface area contributed by atoms with Gasteiger partial charge in [-0.1, -0.05) is 24.3 Å². The fraction of sp³-hybridized carbons (Fsp3) is 0.367. The Morgan fingerprint density at radius 1 is 1.05 bits per heavy atom. The molecule has 1 aliphatic rings. The summed E-state index contributed by atoms with van der Waals surface area (Å²) >= 11 is 0. The normalized spacial score (nSPS) is 14.2. The highest BCUT2D eigenvalue weighted by Gasteiger charge is 2.24. The van der Waals surface area contributed by atoms with Gasteiger partial charge in [0.2, 0.25) is 11.7 Å². The van der Waals surface area contributed by atoms with E-state index in [4.69, 9.17) is 4.74 Å². The van der Waals surface area contributed by atoms with Crippen molar-refractivity contribution in [2.45, 2.75) is 58.7 Å². The van der Waals surface area contributed by atoms with E-state index < -0.39 is 10.5 Å². The molecule has 11 heteroatoms. The van der Waals surface area contributed by atoms with Crippen LogP contribution in [0.4, 0.5) is 27.7 Å². The zero-order valence-electron chi connectivity index (χ0n) is 23.8. The Morgan fingerprint density at radius 2 is 1.76 bits per heavy atom. The van der Waals surface area contributed by atoms with Gasteiger partial charge in [-0.15, -0.1) is 0 Å². The molecule has 41 heavy (non-hydrogen) atoms. The molecule has 0 atom stereocenters. The maximum atomic E-state index is 12.1. The minimum Gasteiger partial charge on any atom is -0.444 e. The zero-order chi connectivity index (χ0) is 29.6. The van der Waals surface area contributed by atoms with Crippen LogP contribution in [0.15, 0.2) is 60.7 Å². The summed E-state index contributed by atoms with van der Waals surface area (Å²) in [6.07, 6.45) is 1.31. The van der Waals surface area contributed by atoms with Gasteiger partial charge in [-0.25, -0.2) is 9.78 Å². The second kappa shape index (κ2) is 12.8. The first-order valence-electron chi connectivity index (χ1n) is 13.6. The average molecular weight is 561 g/mol. The molecule has 2 heterocycles. The number of alkyl carbamates (subject to hydrolysis) is 1. The number of pyridine rings is 1. The van der Waals surface area contributed by atoms with Gasteiger partial charge in [-0.05, 0) is 69.5 Å². The molecule has 0 radical (unpaired) electrons. The molecule has 3 aromatic rings. The Kier molecular flexibility index (Phi) is 9.18. The van der Waals surface area contributed by atoms with E-state index in [1.165, 1.54) is 13.0 Å². The van der Waals surface area contributed by atoms with E-state index in [1.807, 2.05) is 51.1 Å². The molecule has 0 unspecified atom stereocenters. The second-order valence-corrected chi connectivity index (χ2v) is 11.1. The number of hydrogen-bond acceptors (Lipinski definition) is 8. The van der Waals surface area contributed by atoms with Crippen molar-refractivity contribution in [1.82, 2.24) is 15.2 Å². The van der Waals surface area contributed by atoms with Crippen molar-refractivity contribution in [2.75, 3.05) is 23.7 Å². The quantitative estimate of drug-likeness (QED) is 0.230. The summed E-state index contributed by atoms with van der Waals surface area (Å²) in [6.45, 7) is 9.44. The van der Waals surface area contributed by atoms with E-state index in [-0.39, 0.29) is 29.5 Å². The van der Waals surface area contributed by atoms with Crippen LogP contribution in [0, 0.1) is 10.1 Å². The third-order valence-electron chi connectivity index (χ3n) is 6.48. The van der Waals surface area contributed by atoms with Gasteiger partial charge in [0.15, 0.2) is 0 Å². The highest BCUT2D eigenvalue weighted by Crippen LogP contribution is 2.30. The van der Waals surface area contributed by atoms with E-state index in [9.17, 15) is 19.7 Å². The molecule has 0 saturated carbocycles. The predicted molar refractivity (Wildman–Crippen MR) is 158 cm³/mol. The van der Waals surface area contributed by atoms with Crippen molar-refractivity contribution in [3.63, 3.8) is 0 Å². The van der Waals surface area contributed by atoms with Crippen LogP contribution in [-0.2, 0) is 16.1 Å². The Bertz CT molecular complexity index is 1400. The number of likely N-dealkylation sites (tertiary alicyclic amines) is 1. The summed E-state index contributed by atoms with van der Waals surface area (Å²) in [5.74, 6) is -0.0611. The van der Waals surface area contributed by atoms with Crippen molar-refractivity contribution in [3.8, 4) is 11.3 Å². The number of amides is 2. The first-order chi connectivity index (χ1) is 19.4. The summed E-state index contributed by atoms with van der Waals surface area (Å²) in [4.78, 5) is 41.6. The van der Waals surface area contributed by atoms with Crippen molar-refractivity contribution < 1.29 is 19.2 Å². The summed E-state index contributed by atoms with van der Waals surface area (Å²) in [5.41, 5.74) is 2.99. The largest absolute Gasteiger partial charge is 0.444 e. The Hall–Kier alpha value is -4.51. The smallest absolute Gasteiger partial charge is 0.407 e. The number of carbonyl (C=O) groups is 2. The molecule has 4 rings (SSSR count). The standard InChI is InChI=1S/C30H36N6O5/c1-20(37)31-25-7-5-6-22(18-25)26-12-13-27(36(39)40)28(34-26)32-23-10-8-21(9-11-23)19-35-16-14-24(15-17-35)33-29(38)41-30(2,3)4/h5-13,18,24H,14-17,19H2,1-4H3,(H,31,37)(H,32,34)(H,33,38). The van der Waals surface area contributed by atoms with Crippen molar-refractivity contribution in [1.29, 1.82) is 0 Å². The van der Waals surface area contributed by atoms with Gasteiger partial charge in [0, 0.05) is 55.6 Å². The van der Waals surface area contributed by atoms with Gasteiger partial charge < -0.3 is 20.7 Å². The highest BCUT2D eigenvalue weighted by molar-refractivity contribution is 5.89. The molecule has 3 N–H and O–H groups in total. The lowest BCUT2D eigenvalue weighted by atomic mass is 10.0. The van der Waals surface area contributed by atoms with Gasteiger partial charge in [0.05, 0.1) is 10.6 Å². The van der Waals surface area contributed by atoms with Crippen LogP contribution < -0.4 is 16.0 Å². The fourth-order valence-corrected chi connectivity index (χ4v) is 4.61. The monoisotopic (exact) mass is 560 g/mol.